The van der Waals surface area contributed by atoms with E-state index in [1.165, 1.54) is 4.68 Å². The lowest BCUT2D eigenvalue weighted by atomic mass is 10.1. The van der Waals surface area contributed by atoms with E-state index in [1.807, 2.05) is 32.9 Å². The average Bonchev–Trinajstić information content (AvgIpc) is 2.78. The highest BCUT2D eigenvalue weighted by Crippen LogP contribution is 2.36. The van der Waals surface area contributed by atoms with Gasteiger partial charge in [-0.25, -0.2) is 4.98 Å². The predicted molar refractivity (Wildman–Crippen MR) is 134 cm³/mol. The Morgan fingerprint density at radius 3 is 2.75 bits per heavy atom. The number of aromatic nitrogens is 2. The van der Waals surface area contributed by atoms with Crippen LogP contribution < -0.4 is 15.0 Å². The summed E-state index contributed by atoms with van der Waals surface area (Å²) in [6.45, 7) is 10.4. The maximum Gasteiger partial charge on any atom is 0.282 e. The molecule has 8 heteroatoms. The largest absolute Gasteiger partial charge is 0.490 e. The molecule has 0 aliphatic rings. The van der Waals surface area contributed by atoms with E-state index in [9.17, 15) is 4.79 Å². The van der Waals surface area contributed by atoms with Crippen LogP contribution in [0.1, 0.15) is 44.5 Å². The molecule has 168 valence electrons. The Hall–Kier alpha value is -2.64. The SMILES string of the molecule is C=CCOc1c(Cl)cc(C=Nn2c([C@@H](C)CC)nc3ccc(Br)cc3c2=O)cc1OCC. The fourth-order valence-electron chi connectivity index (χ4n) is 3.11. The maximum atomic E-state index is 13.3. The molecule has 0 amide bonds. The van der Waals surface area contributed by atoms with Crippen LogP contribution in [0.5, 0.6) is 11.5 Å². The highest BCUT2D eigenvalue weighted by atomic mass is 79.9. The molecule has 0 saturated heterocycles. The molecule has 0 bridgehead atoms. The van der Waals surface area contributed by atoms with E-state index in [2.05, 4.69) is 27.6 Å². The van der Waals surface area contributed by atoms with E-state index in [1.54, 1.807) is 30.5 Å². The minimum atomic E-state index is -0.232. The van der Waals surface area contributed by atoms with Crippen molar-refractivity contribution in [1.29, 1.82) is 0 Å². The topological polar surface area (TPSA) is 65.7 Å². The molecule has 0 fully saturated rings. The smallest absolute Gasteiger partial charge is 0.282 e. The molecule has 0 aliphatic carbocycles. The minimum Gasteiger partial charge on any atom is -0.490 e. The number of hydrogen-bond acceptors (Lipinski definition) is 5. The van der Waals surface area contributed by atoms with Gasteiger partial charge in [0.2, 0.25) is 0 Å². The van der Waals surface area contributed by atoms with Crippen molar-refractivity contribution < 1.29 is 9.47 Å². The molecule has 2 aromatic carbocycles. The number of rotatable bonds is 9. The summed E-state index contributed by atoms with van der Waals surface area (Å²) in [7, 11) is 0. The van der Waals surface area contributed by atoms with Crippen molar-refractivity contribution >= 4 is 44.6 Å². The van der Waals surface area contributed by atoms with Crippen LogP contribution in [0.2, 0.25) is 5.02 Å². The lowest BCUT2D eigenvalue weighted by Crippen LogP contribution is -2.23. The second kappa shape index (κ2) is 10.8. The highest BCUT2D eigenvalue weighted by molar-refractivity contribution is 9.10. The summed E-state index contributed by atoms with van der Waals surface area (Å²) in [5, 5.41) is 5.36. The molecule has 0 saturated carbocycles. The molecule has 6 nitrogen and oxygen atoms in total. The summed E-state index contributed by atoms with van der Waals surface area (Å²) >= 11 is 9.85. The quantitative estimate of drug-likeness (QED) is 0.251. The van der Waals surface area contributed by atoms with E-state index >= 15 is 0 Å². The van der Waals surface area contributed by atoms with Crippen molar-refractivity contribution in [1.82, 2.24) is 9.66 Å². The van der Waals surface area contributed by atoms with Gasteiger partial charge in [-0.15, -0.1) is 0 Å². The van der Waals surface area contributed by atoms with Gasteiger partial charge in [0.25, 0.3) is 5.56 Å². The van der Waals surface area contributed by atoms with Gasteiger partial charge in [-0.05, 0) is 49.2 Å². The third kappa shape index (κ3) is 5.22. The normalized spacial score (nSPS) is 12.3. The van der Waals surface area contributed by atoms with Crippen LogP contribution in [0.3, 0.4) is 0 Å². The molecule has 3 aromatic rings. The molecule has 1 atom stereocenters. The molecule has 0 N–H and O–H groups in total. The first kappa shape index (κ1) is 24.0. The number of ether oxygens (including phenoxy) is 2. The van der Waals surface area contributed by atoms with Gasteiger partial charge in [-0.2, -0.15) is 9.78 Å². The van der Waals surface area contributed by atoms with Gasteiger partial charge >= 0.3 is 0 Å². The van der Waals surface area contributed by atoms with Crippen molar-refractivity contribution in [3.05, 3.63) is 74.2 Å². The molecular formula is C24H25BrClN3O3. The van der Waals surface area contributed by atoms with E-state index in [0.717, 1.165) is 10.9 Å². The Kier molecular flexibility index (Phi) is 8.10. The molecule has 1 aromatic heterocycles. The van der Waals surface area contributed by atoms with Gasteiger partial charge < -0.3 is 9.47 Å². The van der Waals surface area contributed by atoms with Crippen LogP contribution in [0.15, 0.2) is 57.4 Å². The van der Waals surface area contributed by atoms with Gasteiger partial charge in [0.1, 0.15) is 12.4 Å². The molecule has 0 unspecified atom stereocenters. The zero-order valence-electron chi connectivity index (χ0n) is 18.3. The fourth-order valence-corrected chi connectivity index (χ4v) is 3.75. The molecular weight excluding hydrogens is 494 g/mol. The number of nitrogens with zero attached hydrogens (tertiary/aromatic N) is 3. The van der Waals surface area contributed by atoms with Crippen molar-refractivity contribution in [3.8, 4) is 11.5 Å². The summed E-state index contributed by atoms with van der Waals surface area (Å²) in [5.41, 5.74) is 1.08. The second-order valence-corrected chi connectivity index (χ2v) is 8.49. The number of fused-ring (bicyclic) bond motifs is 1. The Morgan fingerprint density at radius 1 is 1.28 bits per heavy atom. The summed E-state index contributed by atoms with van der Waals surface area (Å²) in [5.74, 6) is 1.59. The first-order valence-corrected chi connectivity index (χ1v) is 11.5. The zero-order chi connectivity index (χ0) is 23.3. The average molecular weight is 519 g/mol. The first-order valence-electron chi connectivity index (χ1n) is 10.4. The number of hydrogen-bond donors (Lipinski definition) is 0. The molecule has 0 aliphatic heterocycles. The van der Waals surface area contributed by atoms with Crippen LogP contribution in [0.4, 0.5) is 0 Å². The summed E-state index contributed by atoms with van der Waals surface area (Å²) in [4.78, 5) is 18.0. The van der Waals surface area contributed by atoms with E-state index in [0.29, 0.717) is 52.0 Å². The van der Waals surface area contributed by atoms with Crippen molar-refractivity contribution in [2.75, 3.05) is 13.2 Å². The Bertz CT molecular complexity index is 1220. The predicted octanol–water partition coefficient (Wildman–Crippen LogP) is 6.17. The Balaban J connectivity index is 2.12. The van der Waals surface area contributed by atoms with Crippen LogP contribution in [-0.2, 0) is 0 Å². The summed E-state index contributed by atoms with van der Waals surface area (Å²) in [6, 6.07) is 8.95. The van der Waals surface area contributed by atoms with Crippen molar-refractivity contribution in [2.45, 2.75) is 33.1 Å². The molecule has 3 rings (SSSR count). The Morgan fingerprint density at radius 2 is 2.06 bits per heavy atom. The second-order valence-electron chi connectivity index (χ2n) is 7.16. The summed E-state index contributed by atoms with van der Waals surface area (Å²) in [6.07, 6.45) is 4.03. The first-order chi connectivity index (χ1) is 15.4. The van der Waals surface area contributed by atoms with E-state index < -0.39 is 0 Å². The number of benzene rings is 2. The monoisotopic (exact) mass is 517 g/mol. The zero-order valence-corrected chi connectivity index (χ0v) is 20.6. The maximum absolute atomic E-state index is 13.3. The molecule has 32 heavy (non-hydrogen) atoms. The molecule has 0 radical (unpaired) electrons. The van der Waals surface area contributed by atoms with Gasteiger partial charge in [0.05, 0.1) is 28.7 Å². The van der Waals surface area contributed by atoms with Crippen LogP contribution in [-0.4, -0.2) is 29.1 Å². The third-order valence-electron chi connectivity index (χ3n) is 4.89. The van der Waals surface area contributed by atoms with Crippen LogP contribution in [0.25, 0.3) is 10.9 Å². The van der Waals surface area contributed by atoms with Gasteiger partial charge in [-0.3, -0.25) is 4.79 Å². The minimum absolute atomic E-state index is 0.0464. The third-order valence-corrected chi connectivity index (χ3v) is 5.66. The van der Waals surface area contributed by atoms with Gasteiger partial charge in [0, 0.05) is 10.4 Å². The van der Waals surface area contributed by atoms with Gasteiger partial charge in [0.15, 0.2) is 11.5 Å². The van der Waals surface area contributed by atoms with Crippen LogP contribution in [0, 0.1) is 0 Å². The number of halogens is 2. The standard InChI is InChI=1S/C24H25BrClN3O3/c1-5-10-32-22-19(26)11-16(12-21(22)31-7-3)14-27-29-23(15(4)6-2)28-20-9-8-17(25)13-18(20)24(29)30/h5,8-9,11-15H,1,6-7,10H2,2-4H3/t15-/m0/s1. The lowest BCUT2D eigenvalue weighted by Gasteiger charge is -2.15. The van der Waals surface area contributed by atoms with Crippen LogP contribution >= 0.6 is 27.5 Å². The van der Waals surface area contributed by atoms with Crippen molar-refractivity contribution in [2.24, 2.45) is 5.10 Å². The fraction of sp³-hybridized carbons (Fsp3) is 0.292. The molecule has 1 heterocycles. The van der Waals surface area contributed by atoms with Crippen molar-refractivity contribution in [3.63, 3.8) is 0 Å². The highest BCUT2D eigenvalue weighted by Gasteiger charge is 2.16. The van der Waals surface area contributed by atoms with Gasteiger partial charge in [-0.1, -0.05) is 54.0 Å². The van der Waals surface area contributed by atoms with E-state index in [-0.39, 0.29) is 11.5 Å². The molecule has 0 spiro atoms. The summed E-state index contributed by atoms with van der Waals surface area (Å²) < 4.78 is 13.5. The Labute approximate surface area is 200 Å². The van der Waals surface area contributed by atoms with E-state index in [4.69, 9.17) is 26.1 Å². The lowest BCUT2D eigenvalue weighted by molar-refractivity contribution is 0.297.